The molecule has 1 unspecified atom stereocenters. The maximum absolute atomic E-state index is 12.7. The summed E-state index contributed by atoms with van der Waals surface area (Å²) in [7, 11) is 0. The second-order valence-corrected chi connectivity index (χ2v) is 7.32. The average molecular weight is 428 g/mol. The van der Waals surface area contributed by atoms with E-state index >= 15 is 0 Å². The van der Waals surface area contributed by atoms with E-state index < -0.39 is 17.8 Å². The van der Waals surface area contributed by atoms with E-state index in [1.165, 1.54) is 6.07 Å². The molecule has 1 saturated heterocycles. The number of alkyl halides is 3. The number of hydrogen-bond acceptors (Lipinski definition) is 4. The number of pyridine rings is 1. The first-order chi connectivity index (χ1) is 13.6. The lowest BCUT2D eigenvalue weighted by atomic mass is 10.2. The van der Waals surface area contributed by atoms with Crippen molar-refractivity contribution in [1.29, 1.82) is 0 Å². The van der Waals surface area contributed by atoms with Crippen molar-refractivity contribution >= 4 is 23.3 Å². The fourth-order valence-electron chi connectivity index (χ4n) is 3.14. The van der Waals surface area contributed by atoms with Gasteiger partial charge >= 0.3 is 6.18 Å². The van der Waals surface area contributed by atoms with E-state index in [2.05, 4.69) is 4.98 Å². The van der Waals surface area contributed by atoms with Gasteiger partial charge in [0, 0.05) is 37.4 Å². The molecule has 156 valence electrons. The summed E-state index contributed by atoms with van der Waals surface area (Å²) in [6, 6.07) is 7.58. The van der Waals surface area contributed by atoms with Crippen molar-refractivity contribution in [2.24, 2.45) is 0 Å². The predicted molar refractivity (Wildman–Crippen MR) is 104 cm³/mol. The van der Waals surface area contributed by atoms with Crippen LogP contribution in [0.25, 0.3) is 0 Å². The van der Waals surface area contributed by atoms with Gasteiger partial charge in [-0.2, -0.15) is 13.2 Å². The molecule has 0 N–H and O–H groups in total. The summed E-state index contributed by atoms with van der Waals surface area (Å²) < 4.78 is 43.8. The largest absolute Gasteiger partial charge is 0.481 e. The SMILES string of the molecule is Cc1cc(Cl)ccc1OC(C)C(=O)N1CCN(c2ccc(C(F)(F)F)cn2)CC1. The number of carbonyl (C=O) groups is 1. The minimum absolute atomic E-state index is 0.139. The summed E-state index contributed by atoms with van der Waals surface area (Å²) >= 11 is 5.94. The number of benzene rings is 1. The van der Waals surface area contributed by atoms with Crippen LogP contribution in [0.4, 0.5) is 19.0 Å². The summed E-state index contributed by atoms with van der Waals surface area (Å²) in [5.74, 6) is 0.924. The van der Waals surface area contributed by atoms with Gasteiger partial charge in [-0.05, 0) is 49.7 Å². The monoisotopic (exact) mass is 427 g/mol. The molecule has 0 spiro atoms. The number of anilines is 1. The number of amides is 1. The molecule has 0 aliphatic carbocycles. The maximum atomic E-state index is 12.7. The third kappa shape index (κ3) is 5.12. The van der Waals surface area contributed by atoms with Crippen LogP contribution in [0, 0.1) is 6.92 Å². The van der Waals surface area contributed by atoms with Crippen LogP contribution in [-0.2, 0) is 11.0 Å². The zero-order valence-electron chi connectivity index (χ0n) is 16.0. The highest BCUT2D eigenvalue weighted by Gasteiger charge is 2.31. The maximum Gasteiger partial charge on any atom is 0.417 e. The second-order valence-electron chi connectivity index (χ2n) is 6.89. The molecule has 5 nitrogen and oxygen atoms in total. The van der Waals surface area contributed by atoms with Gasteiger partial charge in [0.15, 0.2) is 6.10 Å². The Hall–Kier alpha value is -2.48. The Morgan fingerprint density at radius 1 is 1.17 bits per heavy atom. The van der Waals surface area contributed by atoms with Crippen LogP contribution in [0.5, 0.6) is 5.75 Å². The number of nitrogens with zero attached hydrogens (tertiary/aromatic N) is 3. The van der Waals surface area contributed by atoms with Crippen molar-refractivity contribution in [3.05, 3.63) is 52.7 Å². The Labute approximate surface area is 172 Å². The number of rotatable bonds is 4. The third-order valence-electron chi connectivity index (χ3n) is 4.78. The van der Waals surface area contributed by atoms with Gasteiger partial charge in [-0.3, -0.25) is 4.79 Å². The predicted octanol–water partition coefficient (Wildman–Crippen LogP) is 4.18. The molecule has 9 heteroatoms. The summed E-state index contributed by atoms with van der Waals surface area (Å²) in [5, 5.41) is 0.599. The molecule has 2 heterocycles. The fourth-order valence-corrected chi connectivity index (χ4v) is 3.37. The van der Waals surface area contributed by atoms with E-state index in [0.717, 1.165) is 17.8 Å². The molecule has 0 bridgehead atoms. The lowest BCUT2D eigenvalue weighted by Crippen LogP contribution is -2.52. The average Bonchev–Trinajstić information content (AvgIpc) is 2.69. The summed E-state index contributed by atoms with van der Waals surface area (Å²) in [4.78, 5) is 20.2. The van der Waals surface area contributed by atoms with Crippen LogP contribution in [0.1, 0.15) is 18.1 Å². The van der Waals surface area contributed by atoms with Crippen LogP contribution in [0.2, 0.25) is 5.02 Å². The Kier molecular flexibility index (Phi) is 6.21. The molecular formula is C20H21ClF3N3O2. The highest BCUT2D eigenvalue weighted by atomic mass is 35.5. The second kappa shape index (κ2) is 8.49. The Balaban J connectivity index is 1.56. The smallest absolute Gasteiger partial charge is 0.417 e. The van der Waals surface area contributed by atoms with Gasteiger partial charge in [0.25, 0.3) is 5.91 Å². The Bertz CT molecular complexity index is 866. The molecule has 0 saturated carbocycles. The van der Waals surface area contributed by atoms with Gasteiger partial charge in [-0.1, -0.05) is 11.6 Å². The quantitative estimate of drug-likeness (QED) is 0.734. The molecule has 1 amide bonds. The first-order valence-corrected chi connectivity index (χ1v) is 9.53. The number of hydrogen-bond donors (Lipinski definition) is 0. The van der Waals surface area contributed by atoms with Crippen molar-refractivity contribution in [3.8, 4) is 5.75 Å². The number of aryl methyl sites for hydroxylation is 1. The Morgan fingerprint density at radius 3 is 2.41 bits per heavy atom. The van der Waals surface area contributed by atoms with E-state index in [1.54, 1.807) is 30.0 Å². The van der Waals surface area contributed by atoms with Crippen LogP contribution in [0.3, 0.4) is 0 Å². The topological polar surface area (TPSA) is 45.7 Å². The molecule has 29 heavy (non-hydrogen) atoms. The van der Waals surface area contributed by atoms with Crippen LogP contribution in [-0.4, -0.2) is 48.1 Å². The van der Waals surface area contributed by atoms with Crippen LogP contribution < -0.4 is 9.64 Å². The molecule has 1 fully saturated rings. The van der Waals surface area contributed by atoms with E-state index in [-0.39, 0.29) is 5.91 Å². The highest BCUT2D eigenvalue weighted by Crippen LogP contribution is 2.29. The zero-order chi connectivity index (χ0) is 21.2. The molecule has 0 radical (unpaired) electrons. The number of halogens is 4. The zero-order valence-corrected chi connectivity index (χ0v) is 16.8. The normalized spacial score (nSPS) is 15.9. The van der Waals surface area contributed by atoms with Gasteiger partial charge in [0.05, 0.1) is 5.56 Å². The van der Waals surface area contributed by atoms with Crippen LogP contribution >= 0.6 is 11.6 Å². The molecule has 1 aliphatic rings. The van der Waals surface area contributed by atoms with E-state index in [4.69, 9.17) is 16.3 Å². The Morgan fingerprint density at radius 2 is 1.86 bits per heavy atom. The van der Waals surface area contributed by atoms with Crippen LogP contribution in [0.15, 0.2) is 36.5 Å². The lowest BCUT2D eigenvalue weighted by molar-refractivity contribution is -0.138. The first kappa shape index (κ1) is 21.2. The van der Waals surface area contributed by atoms with E-state index in [0.29, 0.717) is 42.8 Å². The summed E-state index contributed by atoms with van der Waals surface area (Å²) in [5.41, 5.74) is 0.0638. The van der Waals surface area contributed by atoms with Gasteiger partial charge < -0.3 is 14.5 Å². The van der Waals surface area contributed by atoms with Crippen molar-refractivity contribution in [2.75, 3.05) is 31.1 Å². The molecule has 1 aromatic heterocycles. The number of piperazine rings is 1. The van der Waals surface area contributed by atoms with Crippen molar-refractivity contribution < 1.29 is 22.7 Å². The minimum atomic E-state index is -4.41. The number of aromatic nitrogens is 1. The number of ether oxygens (including phenoxy) is 1. The molecule has 1 atom stereocenters. The number of carbonyl (C=O) groups excluding carboxylic acids is 1. The standard InChI is InChI=1S/C20H21ClF3N3O2/c1-13-11-16(21)4-5-17(13)29-14(2)19(28)27-9-7-26(8-10-27)18-6-3-15(12-25-18)20(22,23)24/h3-6,11-12,14H,7-10H2,1-2H3. The first-order valence-electron chi connectivity index (χ1n) is 9.15. The van der Waals surface area contributed by atoms with Crippen molar-refractivity contribution in [3.63, 3.8) is 0 Å². The molecule has 3 rings (SSSR count). The molecule has 1 aromatic carbocycles. The van der Waals surface area contributed by atoms with Gasteiger partial charge in [0.2, 0.25) is 0 Å². The van der Waals surface area contributed by atoms with Gasteiger partial charge in [-0.15, -0.1) is 0 Å². The van der Waals surface area contributed by atoms with Crippen molar-refractivity contribution in [1.82, 2.24) is 9.88 Å². The van der Waals surface area contributed by atoms with E-state index in [1.807, 2.05) is 11.8 Å². The molecule has 1 aliphatic heterocycles. The minimum Gasteiger partial charge on any atom is -0.481 e. The van der Waals surface area contributed by atoms with Crippen molar-refractivity contribution in [2.45, 2.75) is 26.1 Å². The third-order valence-corrected chi connectivity index (χ3v) is 5.01. The fraction of sp³-hybridized carbons (Fsp3) is 0.400. The summed E-state index contributed by atoms with van der Waals surface area (Å²) in [6.07, 6.45) is -4.24. The summed E-state index contributed by atoms with van der Waals surface area (Å²) in [6.45, 7) is 5.39. The van der Waals surface area contributed by atoms with E-state index in [9.17, 15) is 18.0 Å². The van der Waals surface area contributed by atoms with Gasteiger partial charge in [-0.25, -0.2) is 4.98 Å². The molecular weight excluding hydrogens is 407 g/mol. The lowest BCUT2D eigenvalue weighted by Gasteiger charge is -2.36. The van der Waals surface area contributed by atoms with Gasteiger partial charge in [0.1, 0.15) is 11.6 Å². The molecule has 2 aromatic rings. The highest BCUT2D eigenvalue weighted by molar-refractivity contribution is 6.30.